The summed E-state index contributed by atoms with van der Waals surface area (Å²) in [5.41, 5.74) is 2.49. The molecule has 8 nitrogen and oxygen atoms in total. The Hall–Kier alpha value is -3.55. The van der Waals surface area contributed by atoms with Gasteiger partial charge >= 0.3 is 6.09 Å². The zero-order chi connectivity index (χ0) is 27.8. The number of methoxy groups -OCH3 is 1. The van der Waals surface area contributed by atoms with E-state index in [4.69, 9.17) is 9.47 Å². The molecule has 202 valence electrons. The van der Waals surface area contributed by atoms with Crippen LogP contribution < -0.4 is 15.4 Å². The van der Waals surface area contributed by atoms with Crippen LogP contribution in [0.1, 0.15) is 70.2 Å². The smallest absolute Gasteiger partial charge is 0.408 e. The fourth-order valence-corrected chi connectivity index (χ4v) is 3.88. The second kappa shape index (κ2) is 13.1. The summed E-state index contributed by atoms with van der Waals surface area (Å²) in [6.07, 6.45) is 0.842. The summed E-state index contributed by atoms with van der Waals surface area (Å²) in [5, 5.41) is 5.59. The molecule has 8 heteroatoms. The van der Waals surface area contributed by atoms with Gasteiger partial charge in [-0.2, -0.15) is 0 Å². The lowest BCUT2D eigenvalue weighted by Crippen LogP contribution is -2.51. The van der Waals surface area contributed by atoms with Gasteiger partial charge in [-0.1, -0.05) is 37.1 Å². The van der Waals surface area contributed by atoms with Gasteiger partial charge in [0.1, 0.15) is 23.4 Å². The van der Waals surface area contributed by atoms with E-state index >= 15 is 0 Å². The van der Waals surface area contributed by atoms with Gasteiger partial charge in [-0.25, -0.2) is 4.79 Å². The molecule has 0 radical (unpaired) electrons. The standard InChI is InChI=1S/C29H41N3O5/c1-9-10-17-32(27(34)21(4)30-28(35)37-29(5,6)7)25(24-18-19(2)11-12-20(24)3)26(33)31-22-13-15-23(36-8)16-14-22/h11-16,18,21,25H,9-10,17H2,1-8H3,(H,30,35)(H,31,33). The Balaban J connectivity index is 2.46. The topological polar surface area (TPSA) is 97.0 Å². The third-order valence-electron chi connectivity index (χ3n) is 5.79. The molecule has 0 saturated carbocycles. The number of carbonyl (C=O) groups excluding carboxylic acids is 3. The van der Waals surface area contributed by atoms with Gasteiger partial charge in [0.2, 0.25) is 5.91 Å². The van der Waals surface area contributed by atoms with Crippen LogP contribution in [0.4, 0.5) is 10.5 Å². The molecule has 0 heterocycles. The summed E-state index contributed by atoms with van der Waals surface area (Å²) in [7, 11) is 1.58. The van der Waals surface area contributed by atoms with Crippen LogP contribution in [0.3, 0.4) is 0 Å². The van der Waals surface area contributed by atoms with Gasteiger partial charge in [-0.05, 0) is 83.4 Å². The fourth-order valence-electron chi connectivity index (χ4n) is 3.88. The Bertz CT molecular complexity index is 1080. The molecule has 2 atom stereocenters. The van der Waals surface area contributed by atoms with E-state index in [2.05, 4.69) is 10.6 Å². The summed E-state index contributed by atoms with van der Waals surface area (Å²) in [6.45, 7) is 13.1. The number of nitrogens with one attached hydrogen (secondary N) is 2. The molecule has 3 amide bonds. The zero-order valence-electron chi connectivity index (χ0n) is 23.3. The average molecular weight is 512 g/mol. The summed E-state index contributed by atoms with van der Waals surface area (Å²) < 4.78 is 10.5. The minimum atomic E-state index is -0.899. The van der Waals surface area contributed by atoms with Gasteiger partial charge in [-0.15, -0.1) is 0 Å². The molecular weight excluding hydrogens is 470 g/mol. The van der Waals surface area contributed by atoms with Gasteiger partial charge in [0, 0.05) is 12.2 Å². The molecule has 2 N–H and O–H groups in total. The summed E-state index contributed by atoms with van der Waals surface area (Å²) in [6, 6.07) is 11.1. The Morgan fingerprint density at radius 3 is 2.24 bits per heavy atom. The van der Waals surface area contributed by atoms with Crippen LogP contribution in [0, 0.1) is 13.8 Å². The van der Waals surface area contributed by atoms with E-state index in [1.165, 1.54) is 0 Å². The maximum absolute atomic E-state index is 13.8. The monoisotopic (exact) mass is 511 g/mol. The summed E-state index contributed by atoms with van der Waals surface area (Å²) in [4.78, 5) is 41.5. The minimum Gasteiger partial charge on any atom is -0.497 e. The second-order valence-corrected chi connectivity index (χ2v) is 10.2. The van der Waals surface area contributed by atoms with Crippen LogP contribution in [0.15, 0.2) is 42.5 Å². The van der Waals surface area contributed by atoms with Gasteiger partial charge in [0.15, 0.2) is 0 Å². The van der Waals surface area contributed by atoms with Gasteiger partial charge in [-0.3, -0.25) is 9.59 Å². The Morgan fingerprint density at radius 1 is 1.03 bits per heavy atom. The number of amides is 3. The van der Waals surface area contributed by atoms with Gasteiger partial charge < -0.3 is 25.0 Å². The molecule has 0 aliphatic heterocycles. The van der Waals surface area contributed by atoms with E-state index in [0.717, 1.165) is 23.1 Å². The molecule has 0 fully saturated rings. The van der Waals surface area contributed by atoms with Crippen molar-refractivity contribution in [1.29, 1.82) is 0 Å². The molecule has 0 aliphatic carbocycles. The lowest BCUT2D eigenvalue weighted by atomic mass is 9.96. The normalized spacial score (nSPS) is 12.8. The SMILES string of the molecule is CCCCN(C(=O)C(C)NC(=O)OC(C)(C)C)C(C(=O)Nc1ccc(OC)cc1)c1cc(C)ccc1C. The lowest BCUT2D eigenvalue weighted by Gasteiger charge is -2.34. The first-order valence-corrected chi connectivity index (χ1v) is 12.7. The molecule has 0 saturated heterocycles. The number of benzene rings is 2. The molecular formula is C29H41N3O5. The van der Waals surface area contributed by atoms with Crippen molar-refractivity contribution in [2.24, 2.45) is 0 Å². The molecule has 0 aromatic heterocycles. The Kier molecular flexibility index (Phi) is 10.5. The largest absolute Gasteiger partial charge is 0.497 e. The van der Waals surface area contributed by atoms with E-state index in [-0.39, 0.29) is 11.8 Å². The number of rotatable bonds is 10. The van der Waals surface area contributed by atoms with Crippen molar-refractivity contribution >= 4 is 23.6 Å². The summed E-state index contributed by atoms with van der Waals surface area (Å²) in [5.74, 6) is -0.0336. The lowest BCUT2D eigenvalue weighted by molar-refractivity contribution is -0.140. The van der Waals surface area contributed by atoms with Crippen molar-refractivity contribution in [3.63, 3.8) is 0 Å². The van der Waals surface area contributed by atoms with Crippen molar-refractivity contribution in [2.45, 2.75) is 79.0 Å². The van der Waals surface area contributed by atoms with Crippen LogP contribution in [0.2, 0.25) is 0 Å². The average Bonchev–Trinajstić information content (AvgIpc) is 2.82. The predicted molar refractivity (Wildman–Crippen MR) is 146 cm³/mol. The second-order valence-electron chi connectivity index (χ2n) is 10.2. The quantitative estimate of drug-likeness (QED) is 0.437. The van der Waals surface area contributed by atoms with Gasteiger partial charge in [0.25, 0.3) is 5.91 Å². The van der Waals surface area contributed by atoms with E-state index in [9.17, 15) is 14.4 Å². The first-order valence-electron chi connectivity index (χ1n) is 12.7. The van der Waals surface area contributed by atoms with Crippen LogP contribution >= 0.6 is 0 Å². The van der Waals surface area contributed by atoms with E-state index < -0.39 is 23.8 Å². The van der Waals surface area contributed by atoms with E-state index in [1.807, 2.05) is 39.0 Å². The van der Waals surface area contributed by atoms with Crippen LogP contribution in [-0.2, 0) is 14.3 Å². The maximum atomic E-state index is 13.8. The van der Waals surface area contributed by atoms with Gasteiger partial charge in [0.05, 0.1) is 7.11 Å². The molecule has 2 rings (SSSR count). The highest BCUT2D eigenvalue weighted by Crippen LogP contribution is 2.29. The number of unbranched alkanes of at least 4 members (excludes halogenated alkanes) is 1. The predicted octanol–water partition coefficient (Wildman–Crippen LogP) is 5.53. The summed E-state index contributed by atoms with van der Waals surface area (Å²) >= 11 is 0. The number of aryl methyl sites for hydroxylation is 2. The van der Waals surface area contributed by atoms with Crippen molar-refractivity contribution < 1.29 is 23.9 Å². The fraction of sp³-hybridized carbons (Fsp3) is 0.483. The molecule has 0 spiro atoms. The number of hydrogen-bond donors (Lipinski definition) is 2. The Morgan fingerprint density at radius 2 is 1.68 bits per heavy atom. The number of anilines is 1. The third kappa shape index (κ3) is 8.81. The minimum absolute atomic E-state index is 0.340. The van der Waals surface area contributed by atoms with E-state index in [0.29, 0.717) is 24.4 Å². The van der Waals surface area contributed by atoms with Crippen molar-refractivity contribution in [3.8, 4) is 5.75 Å². The van der Waals surface area contributed by atoms with Crippen LogP contribution in [0.5, 0.6) is 5.75 Å². The third-order valence-corrected chi connectivity index (χ3v) is 5.79. The molecule has 2 unspecified atom stereocenters. The first-order chi connectivity index (χ1) is 17.4. The highest BCUT2D eigenvalue weighted by molar-refractivity contribution is 5.99. The highest BCUT2D eigenvalue weighted by Gasteiger charge is 2.35. The number of ether oxygens (including phenoxy) is 2. The van der Waals surface area contributed by atoms with Crippen molar-refractivity contribution in [1.82, 2.24) is 10.2 Å². The highest BCUT2D eigenvalue weighted by atomic mass is 16.6. The van der Waals surface area contributed by atoms with E-state index in [1.54, 1.807) is 64.0 Å². The maximum Gasteiger partial charge on any atom is 0.408 e. The molecule has 0 bridgehead atoms. The number of carbonyl (C=O) groups is 3. The molecule has 37 heavy (non-hydrogen) atoms. The number of nitrogens with zero attached hydrogens (tertiary/aromatic N) is 1. The van der Waals surface area contributed by atoms with Crippen LogP contribution in [-0.4, -0.2) is 48.1 Å². The molecule has 0 aliphatic rings. The zero-order valence-corrected chi connectivity index (χ0v) is 23.3. The van der Waals surface area contributed by atoms with Crippen LogP contribution in [0.25, 0.3) is 0 Å². The number of hydrogen-bond acceptors (Lipinski definition) is 5. The number of alkyl carbamates (subject to hydrolysis) is 1. The first kappa shape index (κ1) is 29.7. The van der Waals surface area contributed by atoms with Crippen molar-refractivity contribution in [3.05, 3.63) is 59.2 Å². The Labute approximate surface area is 220 Å². The van der Waals surface area contributed by atoms with Crippen molar-refractivity contribution in [2.75, 3.05) is 19.0 Å². The molecule has 2 aromatic rings. The molecule has 2 aromatic carbocycles.